The number of carbonyl (C=O) groups excluding carboxylic acids is 1. The minimum Gasteiger partial charge on any atom is -0.292 e. The van der Waals surface area contributed by atoms with E-state index in [-0.39, 0.29) is 6.03 Å². The van der Waals surface area contributed by atoms with Crippen molar-refractivity contribution in [2.24, 2.45) is 7.05 Å². The van der Waals surface area contributed by atoms with Gasteiger partial charge in [0, 0.05) is 18.8 Å². The highest BCUT2D eigenvalue weighted by Crippen LogP contribution is 2.06. The van der Waals surface area contributed by atoms with Gasteiger partial charge in [0.1, 0.15) is 11.6 Å². The monoisotopic (exact) mass is 231 g/mol. The molecule has 2 rings (SSSR count). The summed E-state index contributed by atoms with van der Waals surface area (Å²) in [6.07, 6.45) is 1.61. The van der Waals surface area contributed by atoms with Crippen molar-refractivity contribution in [3.63, 3.8) is 0 Å². The maximum Gasteiger partial charge on any atom is 0.326 e. The third kappa shape index (κ3) is 2.81. The number of hydrogen-bond acceptors (Lipinski definition) is 3. The van der Waals surface area contributed by atoms with Crippen LogP contribution in [0.3, 0.4) is 0 Å². The second-order valence-corrected chi connectivity index (χ2v) is 3.58. The molecule has 2 N–H and O–H groups in total. The van der Waals surface area contributed by atoms with Crippen LogP contribution >= 0.6 is 0 Å². The first-order valence-electron chi connectivity index (χ1n) is 5.15. The van der Waals surface area contributed by atoms with Crippen LogP contribution in [0, 0.1) is 6.92 Å². The highest BCUT2D eigenvalue weighted by molar-refractivity contribution is 5.98. The standard InChI is InChI=1S/C11H13N5O/c1-8-4-3-5-9(13-8)14-11(17)15-10-6-7-12-16(10)2/h3-7H,1-2H3,(H2,13,14,15,17). The summed E-state index contributed by atoms with van der Waals surface area (Å²) in [5.41, 5.74) is 0.850. The lowest BCUT2D eigenvalue weighted by Gasteiger charge is -2.07. The summed E-state index contributed by atoms with van der Waals surface area (Å²) in [5.74, 6) is 1.14. The molecule has 17 heavy (non-hydrogen) atoms. The molecule has 0 spiro atoms. The molecule has 88 valence electrons. The Labute approximate surface area is 98.7 Å². The molecule has 0 aliphatic carbocycles. The van der Waals surface area contributed by atoms with Crippen molar-refractivity contribution in [3.05, 3.63) is 36.2 Å². The predicted molar refractivity (Wildman–Crippen MR) is 64.8 cm³/mol. The number of hydrogen-bond donors (Lipinski definition) is 2. The van der Waals surface area contributed by atoms with Crippen molar-refractivity contribution in [2.75, 3.05) is 10.6 Å². The molecule has 2 amide bonds. The summed E-state index contributed by atoms with van der Waals surface area (Å²) in [4.78, 5) is 15.8. The van der Waals surface area contributed by atoms with Crippen molar-refractivity contribution < 1.29 is 4.79 Å². The summed E-state index contributed by atoms with van der Waals surface area (Å²) in [7, 11) is 1.75. The number of pyridine rings is 1. The van der Waals surface area contributed by atoms with Gasteiger partial charge >= 0.3 is 6.03 Å². The molecule has 0 atom stereocenters. The zero-order valence-electron chi connectivity index (χ0n) is 9.64. The lowest BCUT2D eigenvalue weighted by Crippen LogP contribution is -2.21. The number of nitrogens with one attached hydrogen (secondary N) is 2. The highest BCUT2D eigenvalue weighted by atomic mass is 16.2. The average molecular weight is 231 g/mol. The van der Waals surface area contributed by atoms with E-state index in [1.165, 1.54) is 0 Å². The number of rotatable bonds is 2. The summed E-state index contributed by atoms with van der Waals surface area (Å²) >= 11 is 0. The first-order chi connectivity index (χ1) is 8.15. The zero-order valence-corrected chi connectivity index (χ0v) is 9.64. The van der Waals surface area contributed by atoms with Crippen LogP contribution in [-0.2, 0) is 7.05 Å². The van der Waals surface area contributed by atoms with Crippen LogP contribution in [0.5, 0.6) is 0 Å². The molecule has 2 aromatic rings. The van der Waals surface area contributed by atoms with E-state index >= 15 is 0 Å². The van der Waals surface area contributed by atoms with E-state index in [9.17, 15) is 4.79 Å². The molecule has 6 nitrogen and oxygen atoms in total. The molecule has 2 aromatic heterocycles. The van der Waals surface area contributed by atoms with E-state index in [0.717, 1.165) is 5.69 Å². The first-order valence-corrected chi connectivity index (χ1v) is 5.15. The van der Waals surface area contributed by atoms with E-state index in [1.54, 1.807) is 30.1 Å². The number of aryl methyl sites for hydroxylation is 2. The number of anilines is 2. The molecule has 0 aliphatic rings. The van der Waals surface area contributed by atoms with E-state index in [1.807, 2.05) is 19.1 Å². The van der Waals surface area contributed by atoms with Gasteiger partial charge in [0.15, 0.2) is 0 Å². The van der Waals surface area contributed by atoms with Gasteiger partial charge in [-0.3, -0.25) is 15.3 Å². The van der Waals surface area contributed by atoms with Crippen molar-refractivity contribution >= 4 is 17.7 Å². The van der Waals surface area contributed by atoms with Gasteiger partial charge in [0.05, 0.1) is 6.20 Å². The maximum absolute atomic E-state index is 11.6. The molecule has 0 saturated heterocycles. The van der Waals surface area contributed by atoms with Crippen molar-refractivity contribution in [1.82, 2.24) is 14.8 Å². The Kier molecular flexibility index (Phi) is 3.04. The molecule has 0 fully saturated rings. The average Bonchev–Trinajstić information content (AvgIpc) is 2.64. The Balaban J connectivity index is 2.01. The van der Waals surface area contributed by atoms with Gasteiger partial charge in [-0.15, -0.1) is 0 Å². The molecule has 0 radical (unpaired) electrons. The van der Waals surface area contributed by atoms with Gasteiger partial charge in [-0.2, -0.15) is 5.10 Å². The van der Waals surface area contributed by atoms with Crippen LogP contribution in [0.25, 0.3) is 0 Å². The van der Waals surface area contributed by atoms with Gasteiger partial charge in [-0.25, -0.2) is 9.78 Å². The van der Waals surface area contributed by atoms with Gasteiger partial charge in [-0.1, -0.05) is 6.07 Å². The van der Waals surface area contributed by atoms with Crippen LogP contribution in [-0.4, -0.2) is 20.8 Å². The van der Waals surface area contributed by atoms with Gasteiger partial charge in [0.25, 0.3) is 0 Å². The zero-order chi connectivity index (χ0) is 12.3. The van der Waals surface area contributed by atoms with E-state index in [0.29, 0.717) is 11.6 Å². The Morgan fingerprint density at radius 2 is 2.12 bits per heavy atom. The summed E-state index contributed by atoms with van der Waals surface area (Å²) in [6, 6.07) is 6.80. The van der Waals surface area contributed by atoms with Gasteiger partial charge < -0.3 is 0 Å². The van der Waals surface area contributed by atoms with Crippen LogP contribution in [0.4, 0.5) is 16.4 Å². The molecule has 0 saturated carbocycles. The first kappa shape index (κ1) is 11.1. The van der Waals surface area contributed by atoms with Crippen molar-refractivity contribution in [1.29, 1.82) is 0 Å². The van der Waals surface area contributed by atoms with Crippen LogP contribution in [0.2, 0.25) is 0 Å². The van der Waals surface area contributed by atoms with E-state index in [2.05, 4.69) is 20.7 Å². The summed E-state index contributed by atoms with van der Waals surface area (Å²) in [6.45, 7) is 1.87. The molecule has 6 heteroatoms. The Bertz CT molecular complexity index is 534. The van der Waals surface area contributed by atoms with Crippen LogP contribution < -0.4 is 10.6 Å². The lowest BCUT2D eigenvalue weighted by atomic mass is 10.4. The number of nitrogens with zero attached hydrogens (tertiary/aromatic N) is 3. The fourth-order valence-electron chi connectivity index (χ4n) is 1.37. The Morgan fingerprint density at radius 1 is 1.29 bits per heavy atom. The molecular formula is C11H13N5O. The third-order valence-corrected chi connectivity index (χ3v) is 2.19. The van der Waals surface area contributed by atoms with Crippen LogP contribution in [0.1, 0.15) is 5.69 Å². The second kappa shape index (κ2) is 4.65. The van der Waals surface area contributed by atoms with Crippen molar-refractivity contribution in [3.8, 4) is 0 Å². The lowest BCUT2D eigenvalue weighted by molar-refractivity contribution is 0.262. The number of amides is 2. The van der Waals surface area contributed by atoms with Crippen LogP contribution in [0.15, 0.2) is 30.5 Å². The van der Waals surface area contributed by atoms with E-state index < -0.39 is 0 Å². The predicted octanol–water partition coefficient (Wildman–Crippen LogP) is 1.77. The largest absolute Gasteiger partial charge is 0.326 e. The van der Waals surface area contributed by atoms with Gasteiger partial charge in [0.2, 0.25) is 0 Å². The minimum absolute atomic E-state index is 0.341. The maximum atomic E-state index is 11.6. The smallest absolute Gasteiger partial charge is 0.292 e. The SMILES string of the molecule is Cc1cccc(NC(=O)Nc2ccnn2C)n1. The Morgan fingerprint density at radius 3 is 2.76 bits per heavy atom. The topological polar surface area (TPSA) is 71.8 Å². The number of urea groups is 1. The molecular weight excluding hydrogens is 218 g/mol. The summed E-state index contributed by atoms with van der Waals surface area (Å²) in [5, 5.41) is 9.26. The fourth-order valence-corrected chi connectivity index (χ4v) is 1.37. The molecule has 0 aliphatic heterocycles. The summed E-state index contributed by atoms with van der Waals surface area (Å²) < 4.78 is 1.57. The van der Waals surface area contributed by atoms with Gasteiger partial charge in [-0.05, 0) is 19.1 Å². The third-order valence-electron chi connectivity index (χ3n) is 2.19. The molecule has 0 bridgehead atoms. The Hall–Kier alpha value is -2.37. The molecule has 0 unspecified atom stereocenters. The highest BCUT2D eigenvalue weighted by Gasteiger charge is 2.05. The number of carbonyl (C=O) groups is 1. The fraction of sp³-hybridized carbons (Fsp3) is 0.182. The molecule has 2 heterocycles. The molecule has 0 aromatic carbocycles. The number of aromatic nitrogens is 3. The quantitative estimate of drug-likeness (QED) is 0.827. The minimum atomic E-state index is -0.341. The van der Waals surface area contributed by atoms with E-state index in [4.69, 9.17) is 0 Å². The normalized spacial score (nSPS) is 10.0. The second-order valence-electron chi connectivity index (χ2n) is 3.58. The van der Waals surface area contributed by atoms with Crippen molar-refractivity contribution in [2.45, 2.75) is 6.92 Å².